The van der Waals surface area contributed by atoms with Gasteiger partial charge in [0, 0.05) is 0 Å². The molecule has 0 aromatic carbocycles. The molecular weight excluding hydrogens is 234 g/mol. The molecule has 0 amide bonds. The van der Waals surface area contributed by atoms with Gasteiger partial charge in [-0.2, -0.15) is 5.26 Å². The van der Waals surface area contributed by atoms with E-state index >= 15 is 0 Å². The lowest BCUT2D eigenvalue weighted by Gasteiger charge is -2.09. The van der Waals surface area contributed by atoms with Crippen molar-refractivity contribution in [1.29, 1.82) is 5.26 Å². The van der Waals surface area contributed by atoms with Crippen LogP contribution >= 0.6 is 0 Å². The number of nitrogens with zero attached hydrogens (tertiary/aromatic N) is 2. The van der Waals surface area contributed by atoms with Crippen molar-refractivity contribution in [2.24, 2.45) is 0 Å². The zero-order valence-electron chi connectivity index (χ0n) is 9.03. The summed E-state index contributed by atoms with van der Waals surface area (Å²) in [6, 6.07) is 2.47. The Bertz CT molecular complexity index is 483. The number of hydrogen-bond acceptors (Lipinski definition) is 5. The normalized spacial score (nSPS) is 9.88. The minimum Gasteiger partial charge on any atom is -0.481 e. The molecule has 1 rings (SSSR count). The maximum Gasteiger partial charge on any atom is 0.358 e. The van der Waals surface area contributed by atoms with Crippen LogP contribution in [0.25, 0.3) is 0 Å². The van der Waals surface area contributed by atoms with E-state index in [1.165, 1.54) is 0 Å². The smallest absolute Gasteiger partial charge is 0.358 e. The molecule has 0 radical (unpaired) electrons. The molecule has 0 spiro atoms. The van der Waals surface area contributed by atoms with Crippen LogP contribution in [0.3, 0.4) is 0 Å². The molecule has 7 heteroatoms. The molecule has 0 saturated heterocycles. The fourth-order valence-electron chi connectivity index (χ4n) is 1.17. The molecule has 0 N–H and O–H groups in total. The average molecular weight is 242 g/mol. The predicted octanol–water partition coefficient (Wildman–Crippen LogP) is 1.69. The second-order valence-corrected chi connectivity index (χ2v) is 2.89. The maximum atomic E-state index is 12.6. The molecule has 1 aromatic rings. The topological polar surface area (TPSA) is 72.2 Å². The van der Waals surface area contributed by atoms with Gasteiger partial charge in [0.25, 0.3) is 6.43 Å². The van der Waals surface area contributed by atoms with Crippen LogP contribution in [-0.4, -0.2) is 25.2 Å². The van der Waals surface area contributed by atoms with Gasteiger partial charge in [-0.15, -0.1) is 0 Å². The van der Waals surface area contributed by atoms with Gasteiger partial charge in [0.1, 0.15) is 6.07 Å². The average Bonchev–Trinajstić information content (AvgIpc) is 2.35. The van der Waals surface area contributed by atoms with Crippen LogP contribution in [0.15, 0.2) is 6.07 Å². The summed E-state index contributed by atoms with van der Waals surface area (Å²) in [5.41, 5.74) is -1.18. The number of esters is 1. The number of aromatic nitrogens is 1. The van der Waals surface area contributed by atoms with Crippen molar-refractivity contribution in [3.05, 3.63) is 22.9 Å². The Labute approximate surface area is 95.6 Å². The highest BCUT2D eigenvalue weighted by molar-refractivity contribution is 5.90. The van der Waals surface area contributed by atoms with Crippen molar-refractivity contribution >= 4 is 5.97 Å². The Morgan fingerprint density at radius 2 is 2.18 bits per heavy atom. The van der Waals surface area contributed by atoms with E-state index in [4.69, 9.17) is 5.26 Å². The predicted molar refractivity (Wildman–Crippen MR) is 51.8 cm³/mol. The molecule has 0 aliphatic rings. The minimum atomic E-state index is -2.85. The number of ether oxygens (including phenoxy) is 2. The summed E-state index contributed by atoms with van der Waals surface area (Å²) in [4.78, 5) is 14.8. The van der Waals surface area contributed by atoms with Gasteiger partial charge in [-0.1, -0.05) is 0 Å². The summed E-state index contributed by atoms with van der Waals surface area (Å²) in [7, 11) is 2.24. The van der Waals surface area contributed by atoms with E-state index in [9.17, 15) is 13.6 Å². The zero-order valence-corrected chi connectivity index (χ0v) is 9.03. The van der Waals surface area contributed by atoms with E-state index in [0.717, 1.165) is 20.3 Å². The van der Waals surface area contributed by atoms with Gasteiger partial charge < -0.3 is 9.47 Å². The van der Waals surface area contributed by atoms with Crippen LogP contribution in [0, 0.1) is 11.3 Å². The molecule has 90 valence electrons. The second kappa shape index (κ2) is 5.21. The maximum absolute atomic E-state index is 12.6. The van der Waals surface area contributed by atoms with Crippen molar-refractivity contribution in [2.45, 2.75) is 6.43 Å². The Kier molecular flexibility index (Phi) is 3.93. The van der Waals surface area contributed by atoms with Gasteiger partial charge >= 0.3 is 5.97 Å². The van der Waals surface area contributed by atoms with E-state index < -0.39 is 23.8 Å². The van der Waals surface area contributed by atoms with E-state index in [-0.39, 0.29) is 11.3 Å². The lowest BCUT2D eigenvalue weighted by atomic mass is 10.1. The summed E-state index contributed by atoms with van der Waals surface area (Å²) in [6.45, 7) is 0. The van der Waals surface area contributed by atoms with Gasteiger partial charge in [0.15, 0.2) is 5.69 Å². The van der Waals surface area contributed by atoms with Crippen molar-refractivity contribution in [1.82, 2.24) is 4.98 Å². The largest absolute Gasteiger partial charge is 0.481 e. The van der Waals surface area contributed by atoms with Crippen molar-refractivity contribution < 1.29 is 23.0 Å². The minimum absolute atomic E-state index is 0.284. The molecule has 0 saturated carbocycles. The van der Waals surface area contributed by atoms with Crippen LogP contribution in [0.4, 0.5) is 8.78 Å². The van der Waals surface area contributed by atoms with Gasteiger partial charge in [0.2, 0.25) is 5.88 Å². The number of halogens is 2. The summed E-state index contributed by atoms with van der Waals surface area (Å²) >= 11 is 0. The SMILES string of the molecule is COC(=O)c1nc(OC)c(C(F)F)cc1C#N. The Balaban J connectivity index is 3.44. The highest BCUT2D eigenvalue weighted by Gasteiger charge is 2.22. The van der Waals surface area contributed by atoms with E-state index in [1.807, 2.05) is 0 Å². The number of pyridine rings is 1. The van der Waals surface area contributed by atoms with Crippen molar-refractivity contribution in [3.63, 3.8) is 0 Å². The Morgan fingerprint density at radius 3 is 2.59 bits per heavy atom. The van der Waals surface area contributed by atoms with E-state index in [1.54, 1.807) is 6.07 Å². The fraction of sp³-hybridized carbons (Fsp3) is 0.300. The number of carbonyl (C=O) groups is 1. The monoisotopic (exact) mass is 242 g/mol. The number of nitriles is 1. The molecule has 0 unspecified atom stereocenters. The summed E-state index contributed by atoms with van der Waals surface area (Å²) in [5, 5.41) is 8.75. The first kappa shape index (κ1) is 12.8. The number of rotatable bonds is 3. The van der Waals surface area contributed by atoms with E-state index in [2.05, 4.69) is 14.5 Å². The van der Waals surface area contributed by atoms with Gasteiger partial charge in [-0.3, -0.25) is 0 Å². The molecule has 0 fully saturated rings. The summed E-state index contributed by atoms with van der Waals surface area (Å²) < 4.78 is 34.2. The van der Waals surface area contributed by atoms with Gasteiger partial charge in [0.05, 0.1) is 25.3 Å². The molecule has 5 nitrogen and oxygen atoms in total. The third-order valence-corrected chi connectivity index (χ3v) is 1.94. The van der Waals surface area contributed by atoms with Crippen LogP contribution in [0.1, 0.15) is 28.0 Å². The van der Waals surface area contributed by atoms with E-state index in [0.29, 0.717) is 0 Å². The van der Waals surface area contributed by atoms with Gasteiger partial charge in [-0.05, 0) is 6.07 Å². The Hall–Kier alpha value is -2.23. The molecular formula is C10H8F2N2O3. The lowest BCUT2D eigenvalue weighted by molar-refractivity contribution is 0.0591. The summed E-state index contributed by atoms with van der Waals surface area (Å²) in [5.74, 6) is -1.29. The molecule has 0 atom stereocenters. The molecule has 0 aliphatic carbocycles. The number of methoxy groups -OCH3 is 2. The number of carbonyl (C=O) groups excluding carboxylic acids is 1. The second-order valence-electron chi connectivity index (χ2n) is 2.89. The molecule has 0 bridgehead atoms. The lowest BCUT2D eigenvalue weighted by Crippen LogP contribution is -2.10. The summed E-state index contributed by atoms with van der Waals surface area (Å²) in [6.07, 6.45) is -2.85. The quantitative estimate of drug-likeness (QED) is 0.754. The number of alkyl halides is 2. The standard InChI is InChI=1S/C10H8F2N2O3/c1-16-9-6(8(11)12)3-5(4-13)7(14-9)10(15)17-2/h3,8H,1-2H3. The third-order valence-electron chi connectivity index (χ3n) is 1.94. The van der Waals surface area contributed by atoms with Crippen LogP contribution < -0.4 is 4.74 Å². The zero-order chi connectivity index (χ0) is 13.0. The first-order valence-electron chi connectivity index (χ1n) is 4.40. The number of hydrogen-bond donors (Lipinski definition) is 0. The van der Waals surface area contributed by atoms with Crippen LogP contribution in [-0.2, 0) is 4.74 Å². The van der Waals surface area contributed by atoms with Gasteiger partial charge in [-0.25, -0.2) is 18.6 Å². The molecule has 1 heterocycles. The van der Waals surface area contributed by atoms with Crippen molar-refractivity contribution in [2.75, 3.05) is 14.2 Å². The third kappa shape index (κ3) is 2.47. The van der Waals surface area contributed by atoms with Crippen molar-refractivity contribution in [3.8, 4) is 11.9 Å². The fourth-order valence-corrected chi connectivity index (χ4v) is 1.17. The van der Waals surface area contributed by atoms with Crippen LogP contribution in [0.2, 0.25) is 0 Å². The van der Waals surface area contributed by atoms with Crippen LogP contribution in [0.5, 0.6) is 5.88 Å². The first-order chi connectivity index (χ1) is 8.04. The molecule has 17 heavy (non-hydrogen) atoms. The molecule has 1 aromatic heterocycles. The Morgan fingerprint density at radius 1 is 1.53 bits per heavy atom. The molecule has 0 aliphatic heterocycles. The highest BCUT2D eigenvalue weighted by Crippen LogP contribution is 2.29. The highest BCUT2D eigenvalue weighted by atomic mass is 19.3. The first-order valence-corrected chi connectivity index (χ1v) is 4.40.